The third-order valence-electron chi connectivity index (χ3n) is 3.30. The van der Waals surface area contributed by atoms with Crippen LogP contribution in [-0.4, -0.2) is 33.3 Å². The third-order valence-corrected chi connectivity index (χ3v) is 3.30. The second kappa shape index (κ2) is 4.16. The zero-order valence-corrected chi connectivity index (χ0v) is 9.80. The molecule has 2 aromatic rings. The van der Waals surface area contributed by atoms with E-state index in [1.807, 2.05) is 12.3 Å². The van der Waals surface area contributed by atoms with Gasteiger partial charge >= 0.3 is 0 Å². The molecule has 5 nitrogen and oxygen atoms in total. The summed E-state index contributed by atoms with van der Waals surface area (Å²) < 4.78 is 0. The van der Waals surface area contributed by atoms with Gasteiger partial charge in [-0.25, -0.2) is 9.97 Å². The third kappa shape index (κ3) is 1.88. The van der Waals surface area contributed by atoms with E-state index in [1.54, 1.807) is 12.4 Å². The summed E-state index contributed by atoms with van der Waals surface area (Å²) >= 11 is 0. The standard InChI is InChI=1S/C12H15N5/c1-9-7-15-16-11(9)10-3-6-17(8-10)12-13-4-2-5-14-12/h2,4-5,7,10H,3,6,8H2,1H3,(H,15,16). The van der Waals surface area contributed by atoms with Crippen molar-refractivity contribution < 1.29 is 0 Å². The van der Waals surface area contributed by atoms with E-state index < -0.39 is 0 Å². The first-order valence-corrected chi connectivity index (χ1v) is 5.86. The fraction of sp³-hybridized carbons (Fsp3) is 0.417. The van der Waals surface area contributed by atoms with Crippen molar-refractivity contribution in [2.45, 2.75) is 19.3 Å². The van der Waals surface area contributed by atoms with Crippen molar-refractivity contribution in [3.8, 4) is 0 Å². The molecule has 1 saturated heterocycles. The Morgan fingerprint density at radius 2 is 2.18 bits per heavy atom. The summed E-state index contributed by atoms with van der Waals surface area (Å²) in [5, 5.41) is 7.19. The molecule has 0 amide bonds. The number of anilines is 1. The number of H-pyrrole nitrogens is 1. The minimum atomic E-state index is 0.515. The lowest BCUT2D eigenvalue weighted by Gasteiger charge is -2.15. The predicted octanol–water partition coefficient (Wildman–Crippen LogP) is 1.50. The molecule has 1 aliphatic heterocycles. The minimum absolute atomic E-state index is 0.515. The second-order valence-corrected chi connectivity index (χ2v) is 4.45. The smallest absolute Gasteiger partial charge is 0.225 e. The Balaban J connectivity index is 1.77. The van der Waals surface area contributed by atoms with Crippen LogP contribution in [0.1, 0.15) is 23.6 Å². The van der Waals surface area contributed by atoms with Crippen molar-refractivity contribution in [3.05, 3.63) is 35.9 Å². The highest BCUT2D eigenvalue weighted by molar-refractivity contribution is 5.34. The first-order chi connectivity index (χ1) is 8.34. The van der Waals surface area contributed by atoms with Crippen LogP contribution >= 0.6 is 0 Å². The first-order valence-electron chi connectivity index (χ1n) is 5.86. The lowest BCUT2D eigenvalue weighted by atomic mass is 10.0. The maximum absolute atomic E-state index is 4.29. The van der Waals surface area contributed by atoms with E-state index >= 15 is 0 Å². The SMILES string of the molecule is Cc1cn[nH]c1C1CCN(c2ncccn2)C1. The number of aryl methyl sites for hydroxylation is 1. The van der Waals surface area contributed by atoms with Crippen LogP contribution in [0.4, 0.5) is 5.95 Å². The minimum Gasteiger partial charge on any atom is -0.340 e. The number of hydrogen-bond acceptors (Lipinski definition) is 4. The van der Waals surface area contributed by atoms with Crippen molar-refractivity contribution in [1.29, 1.82) is 0 Å². The van der Waals surface area contributed by atoms with Crippen LogP contribution in [0.3, 0.4) is 0 Å². The van der Waals surface area contributed by atoms with Gasteiger partial charge in [0.15, 0.2) is 0 Å². The molecule has 0 bridgehead atoms. The summed E-state index contributed by atoms with van der Waals surface area (Å²) in [5.41, 5.74) is 2.49. The molecule has 3 rings (SSSR count). The van der Waals surface area contributed by atoms with E-state index in [0.717, 1.165) is 25.5 Å². The Labute approximate surface area is 99.9 Å². The van der Waals surface area contributed by atoms with Gasteiger partial charge < -0.3 is 4.90 Å². The molecule has 17 heavy (non-hydrogen) atoms. The normalized spacial score (nSPS) is 19.8. The molecule has 1 N–H and O–H groups in total. The van der Waals surface area contributed by atoms with E-state index in [0.29, 0.717) is 5.92 Å². The number of nitrogens with one attached hydrogen (secondary N) is 1. The highest BCUT2D eigenvalue weighted by atomic mass is 15.3. The van der Waals surface area contributed by atoms with Gasteiger partial charge in [-0.05, 0) is 25.0 Å². The maximum atomic E-state index is 4.29. The van der Waals surface area contributed by atoms with Gasteiger partial charge in [0, 0.05) is 37.1 Å². The van der Waals surface area contributed by atoms with Crippen molar-refractivity contribution in [1.82, 2.24) is 20.2 Å². The van der Waals surface area contributed by atoms with Gasteiger partial charge in [0.25, 0.3) is 0 Å². The Kier molecular flexibility index (Phi) is 2.51. The molecule has 0 saturated carbocycles. The average molecular weight is 229 g/mol. The summed E-state index contributed by atoms with van der Waals surface area (Å²) in [6.07, 6.45) is 6.59. The van der Waals surface area contributed by atoms with E-state index in [-0.39, 0.29) is 0 Å². The molecule has 3 heterocycles. The molecule has 1 aliphatic rings. The van der Waals surface area contributed by atoms with Crippen molar-refractivity contribution in [3.63, 3.8) is 0 Å². The number of hydrogen-bond donors (Lipinski definition) is 1. The van der Waals surface area contributed by atoms with Gasteiger partial charge in [-0.3, -0.25) is 5.10 Å². The molecule has 1 fully saturated rings. The molecule has 2 aromatic heterocycles. The fourth-order valence-corrected chi connectivity index (χ4v) is 2.40. The molecule has 88 valence electrons. The lowest BCUT2D eigenvalue weighted by Crippen LogP contribution is -2.21. The molecule has 5 heteroatoms. The van der Waals surface area contributed by atoms with E-state index in [1.165, 1.54) is 11.3 Å². The van der Waals surface area contributed by atoms with E-state index in [9.17, 15) is 0 Å². The lowest BCUT2D eigenvalue weighted by molar-refractivity contribution is 0.731. The van der Waals surface area contributed by atoms with Crippen LogP contribution in [0, 0.1) is 6.92 Å². The monoisotopic (exact) mass is 229 g/mol. The van der Waals surface area contributed by atoms with Crippen LogP contribution in [0.5, 0.6) is 0 Å². The molecular formula is C12H15N5. The molecular weight excluding hydrogens is 214 g/mol. The number of rotatable bonds is 2. The number of aromatic amines is 1. The van der Waals surface area contributed by atoms with Crippen LogP contribution in [0.15, 0.2) is 24.7 Å². The zero-order chi connectivity index (χ0) is 11.7. The Morgan fingerprint density at radius 1 is 1.35 bits per heavy atom. The number of nitrogens with zero attached hydrogens (tertiary/aromatic N) is 4. The Morgan fingerprint density at radius 3 is 2.88 bits per heavy atom. The van der Waals surface area contributed by atoms with Crippen LogP contribution in [0.2, 0.25) is 0 Å². The number of aromatic nitrogens is 4. The molecule has 0 spiro atoms. The average Bonchev–Trinajstić information content (AvgIpc) is 2.98. The summed E-state index contributed by atoms with van der Waals surface area (Å²) in [5.74, 6) is 1.34. The Bertz CT molecular complexity index is 493. The van der Waals surface area contributed by atoms with Gasteiger partial charge in [0.2, 0.25) is 5.95 Å². The quantitative estimate of drug-likeness (QED) is 0.848. The summed E-state index contributed by atoms with van der Waals surface area (Å²) in [7, 11) is 0. The molecule has 0 radical (unpaired) electrons. The van der Waals surface area contributed by atoms with Gasteiger partial charge in [-0.2, -0.15) is 5.10 Å². The fourth-order valence-electron chi connectivity index (χ4n) is 2.40. The van der Waals surface area contributed by atoms with Crippen molar-refractivity contribution >= 4 is 5.95 Å². The predicted molar refractivity (Wildman–Crippen MR) is 64.9 cm³/mol. The van der Waals surface area contributed by atoms with Crippen LogP contribution in [-0.2, 0) is 0 Å². The zero-order valence-electron chi connectivity index (χ0n) is 9.80. The van der Waals surface area contributed by atoms with Gasteiger partial charge in [-0.15, -0.1) is 0 Å². The van der Waals surface area contributed by atoms with Crippen LogP contribution in [0.25, 0.3) is 0 Å². The first kappa shape index (κ1) is 10.3. The van der Waals surface area contributed by atoms with Crippen LogP contribution < -0.4 is 4.90 Å². The Hall–Kier alpha value is -1.91. The summed E-state index contributed by atoms with van der Waals surface area (Å²) in [4.78, 5) is 10.8. The summed E-state index contributed by atoms with van der Waals surface area (Å²) in [6.45, 7) is 4.07. The summed E-state index contributed by atoms with van der Waals surface area (Å²) in [6, 6.07) is 1.84. The van der Waals surface area contributed by atoms with Gasteiger partial charge in [0.1, 0.15) is 0 Å². The molecule has 0 aromatic carbocycles. The molecule has 1 atom stereocenters. The topological polar surface area (TPSA) is 57.7 Å². The highest BCUT2D eigenvalue weighted by Gasteiger charge is 2.27. The highest BCUT2D eigenvalue weighted by Crippen LogP contribution is 2.29. The van der Waals surface area contributed by atoms with Gasteiger partial charge in [-0.1, -0.05) is 0 Å². The molecule has 0 aliphatic carbocycles. The van der Waals surface area contributed by atoms with Crippen molar-refractivity contribution in [2.75, 3.05) is 18.0 Å². The van der Waals surface area contributed by atoms with E-state index in [2.05, 4.69) is 32.0 Å². The van der Waals surface area contributed by atoms with Crippen molar-refractivity contribution in [2.24, 2.45) is 0 Å². The largest absolute Gasteiger partial charge is 0.340 e. The second-order valence-electron chi connectivity index (χ2n) is 4.45. The molecule has 1 unspecified atom stereocenters. The maximum Gasteiger partial charge on any atom is 0.225 e. The van der Waals surface area contributed by atoms with E-state index in [4.69, 9.17) is 0 Å². The van der Waals surface area contributed by atoms with Gasteiger partial charge in [0.05, 0.1) is 6.20 Å².